The minimum absolute atomic E-state index is 0.135. The number of rotatable bonds is 7. The fraction of sp³-hybridized carbons (Fsp3) is 0.462. The fourth-order valence-corrected chi connectivity index (χ4v) is 1.94. The first-order valence-electron chi connectivity index (χ1n) is 5.78. The summed E-state index contributed by atoms with van der Waals surface area (Å²) in [5.41, 5.74) is 0.719. The van der Waals surface area contributed by atoms with E-state index in [1.165, 1.54) is 7.11 Å². The maximum absolute atomic E-state index is 10.3. The van der Waals surface area contributed by atoms with E-state index >= 15 is 0 Å². The van der Waals surface area contributed by atoms with Gasteiger partial charge in [-0.15, -0.1) is 0 Å². The number of carboxylic acids is 1. The molecule has 1 unspecified atom stereocenters. The van der Waals surface area contributed by atoms with Crippen LogP contribution in [-0.4, -0.2) is 23.3 Å². The Morgan fingerprint density at radius 2 is 2.17 bits per heavy atom. The van der Waals surface area contributed by atoms with Gasteiger partial charge < -0.3 is 14.9 Å². The van der Waals surface area contributed by atoms with Crippen LogP contribution < -0.4 is 4.74 Å². The van der Waals surface area contributed by atoms with Crippen LogP contribution in [0.5, 0.6) is 5.75 Å². The van der Waals surface area contributed by atoms with Crippen LogP contribution in [-0.2, 0) is 4.79 Å². The van der Waals surface area contributed by atoms with Crippen LogP contribution >= 0.6 is 11.6 Å². The van der Waals surface area contributed by atoms with Crippen molar-refractivity contribution in [2.24, 2.45) is 0 Å². The van der Waals surface area contributed by atoms with E-state index in [4.69, 9.17) is 21.4 Å². The number of aliphatic carboxylic acids is 1. The van der Waals surface area contributed by atoms with E-state index in [1.807, 2.05) is 0 Å². The molecule has 0 radical (unpaired) electrons. The van der Waals surface area contributed by atoms with Gasteiger partial charge in [-0.05, 0) is 37.0 Å². The summed E-state index contributed by atoms with van der Waals surface area (Å²) in [7, 11) is 1.53. The number of halogens is 1. The van der Waals surface area contributed by atoms with Crippen molar-refractivity contribution in [1.82, 2.24) is 0 Å². The van der Waals surface area contributed by atoms with Crippen LogP contribution in [0.25, 0.3) is 0 Å². The second kappa shape index (κ2) is 7.24. The van der Waals surface area contributed by atoms with E-state index in [9.17, 15) is 9.90 Å². The number of benzene rings is 1. The average Bonchev–Trinajstić information content (AvgIpc) is 2.34. The molecular weight excluding hydrogens is 256 g/mol. The highest BCUT2D eigenvalue weighted by Crippen LogP contribution is 2.29. The van der Waals surface area contributed by atoms with E-state index in [-0.39, 0.29) is 6.42 Å². The smallest absolute Gasteiger partial charge is 0.303 e. The maximum Gasteiger partial charge on any atom is 0.303 e. The zero-order valence-corrected chi connectivity index (χ0v) is 11.0. The number of ether oxygens (including phenoxy) is 1. The van der Waals surface area contributed by atoms with Crippen molar-refractivity contribution in [2.45, 2.75) is 31.8 Å². The summed E-state index contributed by atoms with van der Waals surface area (Å²) in [5, 5.41) is 18.9. The third-order valence-corrected chi connectivity index (χ3v) is 2.97. The van der Waals surface area contributed by atoms with E-state index in [0.717, 1.165) is 5.56 Å². The van der Waals surface area contributed by atoms with Crippen molar-refractivity contribution < 1.29 is 19.7 Å². The lowest BCUT2D eigenvalue weighted by Gasteiger charge is -2.12. The molecule has 2 N–H and O–H groups in total. The van der Waals surface area contributed by atoms with E-state index in [2.05, 4.69) is 0 Å². The third kappa shape index (κ3) is 4.55. The number of aliphatic hydroxyl groups excluding tert-OH is 1. The van der Waals surface area contributed by atoms with Crippen LogP contribution in [0.1, 0.15) is 37.4 Å². The monoisotopic (exact) mass is 272 g/mol. The Kier molecular flexibility index (Phi) is 5.95. The highest BCUT2D eigenvalue weighted by Gasteiger charge is 2.10. The fourth-order valence-electron chi connectivity index (χ4n) is 1.67. The molecule has 5 heteroatoms. The normalized spacial score (nSPS) is 12.2. The molecule has 0 saturated heterocycles. The lowest BCUT2D eigenvalue weighted by atomic mass is 10.0. The predicted octanol–water partition coefficient (Wildman–Crippen LogP) is 3.03. The van der Waals surface area contributed by atoms with E-state index in [0.29, 0.717) is 30.0 Å². The zero-order valence-electron chi connectivity index (χ0n) is 10.2. The third-order valence-electron chi connectivity index (χ3n) is 2.68. The first kappa shape index (κ1) is 14.8. The molecule has 1 rings (SSSR count). The molecule has 0 fully saturated rings. The average molecular weight is 273 g/mol. The Labute approximate surface area is 111 Å². The highest BCUT2D eigenvalue weighted by atomic mass is 35.5. The number of carbonyl (C=O) groups is 1. The molecule has 0 saturated carbocycles. The number of aliphatic hydroxyl groups is 1. The highest BCUT2D eigenvalue weighted by molar-refractivity contribution is 6.32. The zero-order chi connectivity index (χ0) is 13.5. The van der Waals surface area contributed by atoms with Gasteiger partial charge in [0.1, 0.15) is 5.75 Å². The summed E-state index contributed by atoms with van der Waals surface area (Å²) in [6.45, 7) is 0. The molecule has 0 aliphatic heterocycles. The van der Waals surface area contributed by atoms with Crippen molar-refractivity contribution in [3.05, 3.63) is 28.8 Å². The van der Waals surface area contributed by atoms with Crippen LogP contribution in [0.15, 0.2) is 18.2 Å². The van der Waals surface area contributed by atoms with Gasteiger partial charge in [0.05, 0.1) is 18.2 Å². The lowest BCUT2D eigenvalue weighted by molar-refractivity contribution is -0.137. The van der Waals surface area contributed by atoms with Crippen molar-refractivity contribution in [1.29, 1.82) is 0 Å². The van der Waals surface area contributed by atoms with Gasteiger partial charge in [0, 0.05) is 6.42 Å². The molecule has 100 valence electrons. The Morgan fingerprint density at radius 3 is 2.72 bits per heavy atom. The number of methoxy groups -OCH3 is 1. The molecule has 1 atom stereocenters. The molecule has 0 aromatic heterocycles. The lowest BCUT2D eigenvalue weighted by Crippen LogP contribution is -1.99. The maximum atomic E-state index is 10.3. The standard InChI is InChI=1S/C13H17ClO4/c1-18-12-7-6-9(8-10(12)14)11(15)4-2-3-5-13(16)17/h6-8,11,15H,2-5H2,1H3,(H,16,17). The predicted molar refractivity (Wildman–Crippen MR) is 69.1 cm³/mol. The molecule has 1 aromatic rings. The molecular formula is C13H17ClO4. The molecule has 0 aliphatic rings. The summed E-state index contributed by atoms with van der Waals surface area (Å²) in [6.07, 6.45) is 1.27. The van der Waals surface area contributed by atoms with Gasteiger partial charge in [-0.2, -0.15) is 0 Å². The summed E-state index contributed by atoms with van der Waals surface area (Å²) < 4.78 is 5.03. The molecule has 0 aliphatic carbocycles. The van der Waals surface area contributed by atoms with Gasteiger partial charge in [0.25, 0.3) is 0 Å². The number of carboxylic acid groups (broad SMARTS) is 1. The molecule has 4 nitrogen and oxygen atoms in total. The van der Waals surface area contributed by atoms with E-state index in [1.54, 1.807) is 18.2 Å². The summed E-state index contributed by atoms with van der Waals surface area (Å²) in [4.78, 5) is 10.3. The molecule has 0 heterocycles. The van der Waals surface area contributed by atoms with Gasteiger partial charge in [-0.3, -0.25) is 4.79 Å². The topological polar surface area (TPSA) is 66.8 Å². The largest absolute Gasteiger partial charge is 0.495 e. The van der Waals surface area contributed by atoms with Crippen LogP contribution in [0.3, 0.4) is 0 Å². The molecule has 18 heavy (non-hydrogen) atoms. The second-order valence-electron chi connectivity index (χ2n) is 4.05. The number of hydrogen-bond acceptors (Lipinski definition) is 3. The number of hydrogen-bond donors (Lipinski definition) is 2. The van der Waals surface area contributed by atoms with Crippen molar-refractivity contribution in [2.75, 3.05) is 7.11 Å². The van der Waals surface area contributed by atoms with Crippen LogP contribution in [0, 0.1) is 0 Å². The van der Waals surface area contributed by atoms with Gasteiger partial charge in [-0.25, -0.2) is 0 Å². The SMILES string of the molecule is COc1ccc(C(O)CCCCC(=O)O)cc1Cl. The van der Waals surface area contributed by atoms with Crippen LogP contribution in [0.2, 0.25) is 5.02 Å². The van der Waals surface area contributed by atoms with Gasteiger partial charge in [-0.1, -0.05) is 17.7 Å². The quantitative estimate of drug-likeness (QED) is 0.749. The van der Waals surface area contributed by atoms with Crippen molar-refractivity contribution in [3.63, 3.8) is 0 Å². The van der Waals surface area contributed by atoms with Crippen molar-refractivity contribution in [3.8, 4) is 5.75 Å². The Bertz CT molecular complexity index is 406. The van der Waals surface area contributed by atoms with Gasteiger partial charge in [0.2, 0.25) is 0 Å². The molecule has 1 aromatic carbocycles. The van der Waals surface area contributed by atoms with Gasteiger partial charge in [0.15, 0.2) is 0 Å². The molecule has 0 spiro atoms. The second-order valence-corrected chi connectivity index (χ2v) is 4.46. The minimum atomic E-state index is -0.808. The van der Waals surface area contributed by atoms with Crippen molar-refractivity contribution >= 4 is 17.6 Å². The summed E-state index contributed by atoms with van der Waals surface area (Å²) >= 11 is 5.96. The van der Waals surface area contributed by atoms with Gasteiger partial charge >= 0.3 is 5.97 Å². The Balaban J connectivity index is 2.48. The number of unbranched alkanes of at least 4 members (excludes halogenated alkanes) is 1. The summed E-state index contributed by atoms with van der Waals surface area (Å²) in [6, 6.07) is 5.13. The molecule has 0 amide bonds. The molecule has 0 bridgehead atoms. The van der Waals surface area contributed by atoms with E-state index < -0.39 is 12.1 Å². The first-order chi connectivity index (χ1) is 8.54. The Hall–Kier alpha value is -1.26. The first-order valence-corrected chi connectivity index (χ1v) is 6.15. The Morgan fingerprint density at radius 1 is 1.44 bits per heavy atom. The minimum Gasteiger partial charge on any atom is -0.495 e. The van der Waals surface area contributed by atoms with Crippen LogP contribution in [0.4, 0.5) is 0 Å². The summed E-state index contributed by atoms with van der Waals surface area (Å²) in [5.74, 6) is -0.240.